The van der Waals surface area contributed by atoms with Gasteiger partial charge in [-0.25, -0.2) is 0 Å². The summed E-state index contributed by atoms with van der Waals surface area (Å²) in [7, 11) is 1.57. The molecule has 3 amide bonds. The Hall–Kier alpha value is -3.27. The lowest BCUT2D eigenvalue weighted by molar-refractivity contribution is -0.165. The molecule has 4 rings (SSSR count). The van der Waals surface area contributed by atoms with Crippen LogP contribution in [0.2, 0.25) is 0 Å². The second-order valence-corrected chi connectivity index (χ2v) is 11.9. The summed E-state index contributed by atoms with van der Waals surface area (Å²) in [4.78, 5) is 56.2. The van der Waals surface area contributed by atoms with Crippen molar-refractivity contribution in [2.75, 3.05) is 26.7 Å². The third-order valence-electron chi connectivity index (χ3n) is 9.31. The van der Waals surface area contributed by atoms with E-state index in [1.54, 1.807) is 36.2 Å². The second-order valence-electron chi connectivity index (χ2n) is 11.9. The first-order chi connectivity index (χ1) is 20.7. The maximum atomic E-state index is 13.7. The van der Waals surface area contributed by atoms with Gasteiger partial charge in [0.15, 0.2) is 5.78 Å². The number of hydrogen-bond donors (Lipinski definition) is 3. The fourth-order valence-electron chi connectivity index (χ4n) is 6.44. The number of ketones is 1. The molecule has 2 aliphatic heterocycles. The summed E-state index contributed by atoms with van der Waals surface area (Å²) in [6.07, 6.45) is 3.37. The topological polar surface area (TPSA) is 119 Å². The third-order valence-corrected chi connectivity index (χ3v) is 9.31. The Morgan fingerprint density at radius 1 is 0.955 bits per heavy atom. The molecule has 2 atom stereocenters. The summed E-state index contributed by atoms with van der Waals surface area (Å²) >= 11 is 0. The fourth-order valence-corrected chi connectivity index (χ4v) is 6.44. The van der Waals surface area contributed by atoms with Crippen LogP contribution < -0.4 is 10.6 Å². The van der Waals surface area contributed by atoms with Crippen LogP contribution in [-0.2, 0) is 16.1 Å². The van der Waals surface area contributed by atoms with Crippen molar-refractivity contribution in [1.82, 2.24) is 20.4 Å². The standard InChI is InChI=1S/C34H46N4O5.ClH/c1-5-8-19-38-32(42)28(30(40)24(6-2)7-3)36-33(43)34(38)17-20-37(21-18-34)22-23-9-11-25(12-10-23)29(39)26-13-15-27(16-14-26)31(41)35-4;/h9-16,24,28,30,40H,5-8,17-22H2,1-4H3,(H,35,41)(H,36,43);1H/t28-,30-;/m1./s1. The third kappa shape index (κ3) is 7.33. The van der Waals surface area contributed by atoms with E-state index in [2.05, 4.69) is 22.5 Å². The van der Waals surface area contributed by atoms with Crippen LogP contribution in [0, 0.1) is 5.92 Å². The lowest BCUT2D eigenvalue weighted by Crippen LogP contribution is -2.75. The molecule has 3 N–H and O–H groups in total. The number of unbranched alkanes of at least 4 members (excludes halogenated alkanes) is 1. The molecule has 10 heteroatoms. The lowest BCUT2D eigenvalue weighted by Gasteiger charge is -2.52. The van der Waals surface area contributed by atoms with Gasteiger partial charge < -0.3 is 20.6 Å². The number of likely N-dealkylation sites (tertiary alicyclic amines) is 1. The zero-order valence-corrected chi connectivity index (χ0v) is 27.1. The first kappa shape index (κ1) is 35.2. The average molecular weight is 627 g/mol. The van der Waals surface area contributed by atoms with E-state index in [0.29, 0.717) is 55.7 Å². The van der Waals surface area contributed by atoms with Crippen LogP contribution in [0.15, 0.2) is 48.5 Å². The van der Waals surface area contributed by atoms with Crippen LogP contribution in [0.4, 0.5) is 0 Å². The van der Waals surface area contributed by atoms with Crippen molar-refractivity contribution in [3.8, 4) is 0 Å². The Kier molecular flexibility index (Phi) is 12.5. The van der Waals surface area contributed by atoms with Crippen LogP contribution in [0.5, 0.6) is 0 Å². The van der Waals surface area contributed by atoms with Crippen molar-refractivity contribution in [2.24, 2.45) is 5.92 Å². The number of aliphatic hydroxyl groups excluding tert-OH is 1. The van der Waals surface area contributed by atoms with Crippen LogP contribution in [0.1, 0.15) is 91.1 Å². The van der Waals surface area contributed by atoms with E-state index < -0.39 is 17.7 Å². The Morgan fingerprint density at radius 2 is 1.50 bits per heavy atom. The van der Waals surface area contributed by atoms with Crippen molar-refractivity contribution < 1.29 is 24.3 Å². The van der Waals surface area contributed by atoms with E-state index in [0.717, 1.165) is 31.2 Å². The maximum Gasteiger partial charge on any atom is 0.251 e. The van der Waals surface area contributed by atoms with Gasteiger partial charge in [0.05, 0.1) is 6.10 Å². The summed E-state index contributed by atoms with van der Waals surface area (Å²) in [6, 6.07) is 13.2. The SMILES string of the molecule is CCCCN1C(=O)[C@@H]([C@H](O)C(CC)CC)NC(=O)C12CCN(Cc1ccc(C(=O)c3ccc(C(=O)NC)cc3)cc1)CC2.Cl. The second kappa shape index (κ2) is 15.6. The number of nitrogens with one attached hydrogen (secondary N) is 2. The molecule has 0 unspecified atom stereocenters. The van der Waals surface area contributed by atoms with Gasteiger partial charge in [0.25, 0.3) is 5.91 Å². The zero-order valence-electron chi connectivity index (χ0n) is 26.3. The highest BCUT2D eigenvalue weighted by Gasteiger charge is 2.55. The van der Waals surface area contributed by atoms with Gasteiger partial charge in [-0.3, -0.25) is 24.1 Å². The summed E-state index contributed by atoms with van der Waals surface area (Å²) < 4.78 is 0. The molecule has 2 saturated heterocycles. The smallest absolute Gasteiger partial charge is 0.251 e. The minimum atomic E-state index is -0.898. The number of amides is 3. The van der Waals surface area contributed by atoms with Crippen LogP contribution in [0.25, 0.3) is 0 Å². The maximum absolute atomic E-state index is 13.7. The molecular formula is C34H47ClN4O5. The predicted octanol–water partition coefficient (Wildman–Crippen LogP) is 3.96. The van der Waals surface area contributed by atoms with Gasteiger partial charge in [-0.1, -0.05) is 76.4 Å². The van der Waals surface area contributed by atoms with Gasteiger partial charge in [-0.05, 0) is 42.9 Å². The van der Waals surface area contributed by atoms with E-state index in [4.69, 9.17) is 0 Å². The van der Waals surface area contributed by atoms with Crippen molar-refractivity contribution in [3.05, 3.63) is 70.8 Å². The summed E-state index contributed by atoms with van der Waals surface area (Å²) in [5.41, 5.74) is 1.76. The van der Waals surface area contributed by atoms with Crippen molar-refractivity contribution in [3.63, 3.8) is 0 Å². The van der Waals surface area contributed by atoms with E-state index in [1.165, 1.54) is 0 Å². The summed E-state index contributed by atoms with van der Waals surface area (Å²) in [6.45, 7) is 8.56. The first-order valence-electron chi connectivity index (χ1n) is 15.7. The quantitative estimate of drug-likeness (QED) is 0.307. The van der Waals surface area contributed by atoms with Gasteiger partial charge in [-0.15, -0.1) is 12.4 Å². The molecule has 0 saturated carbocycles. The number of rotatable bonds is 12. The number of piperidine rings is 1. The zero-order chi connectivity index (χ0) is 31.1. The molecule has 0 bridgehead atoms. The monoisotopic (exact) mass is 626 g/mol. The Bertz CT molecular complexity index is 1290. The number of carbonyl (C=O) groups is 4. The fraction of sp³-hybridized carbons (Fsp3) is 0.529. The van der Waals surface area contributed by atoms with E-state index in [9.17, 15) is 24.3 Å². The number of aliphatic hydroxyl groups is 1. The van der Waals surface area contributed by atoms with Crippen molar-refractivity contribution in [2.45, 2.75) is 83.5 Å². The van der Waals surface area contributed by atoms with Crippen molar-refractivity contribution in [1.29, 1.82) is 0 Å². The van der Waals surface area contributed by atoms with Crippen LogP contribution in [-0.4, -0.2) is 82.8 Å². The molecule has 1 spiro atoms. The molecule has 0 aliphatic carbocycles. The van der Waals surface area contributed by atoms with Gasteiger partial charge in [0.2, 0.25) is 11.8 Å². The molecule has 0 radical (unpaired) electrons. The van der Waals surface area contributed by atoms with Crippen LogP contribution >= 0.6 is 12.4 Å². The Morgan fingerprint density at radius 3 is 2.02 bits per heavy atom. The molecular weight excluding hydrogens is 580 g/mol. The molecule has 2 fully saturated rings. The predicted molar refractivity (Wildman–Crippen MR) is 173 cm³/mol. The molecule has 44 heavy (non-hydrogen) atoms. The van der Waals surface area contributed by atoms with Gasteiger partial charge in [0.1, 0.15) is 11.6 Å². The average Bonchev–Trinajstić information content (AvgIpc) is 3.04. The van der Waals surface area contributed by atoms with E-state index in [-0.39, 0.29) is 41.8 Å². The molecule has 0 aromatic heterocycles. The molecule has 240 valence electrons. The highest BCUT2D eigenvalue weighted by Crippen LogP contribution is 2.35. The lowest BCUT2D eigenvalue weighted by atomic mass is 9.79. The van der Waals surface area contributed by atoms with Crippen LogP contribution in [0.3, 0.4) is 0 Å². The van der Waals surface area contributed by atoms with Gasteiger partial charge >= 0.3 is 0 Å². The molecule has 2 aliphatic rings. The molecule has 9 nitrogen and oxygen atoms in total. The number of piperazine rings is 1. The molecule has 2 heterocycles. The van der Waals surface area contributed by atoms with Crippen molar-refractivity contribution >= 4 is 35.9 Å². The highest BCUT2D eigenvalue weighted by atomic mass is 35.5. The normalized spacial score (nSPS) is 19.0. The molecule has 2 aromatic rings. The number of hydrogen-bond acceptors (Lipinski definition) is 6. The summed E-state index contributed by atoms with van der Waals surface area (Å²) in [5.74, 6) is -0.665. The van der Waals surface area contributed by atoms with Gasteiger partial charge in [-0.2, -0.15) is 0 Å². The Balaban J connectivity index is 0.00000529. The van der Waals surface area contributed by atoms with E-state index >= 15 is 0 Å². The molecule has 2 aromatic carbocycles. The minimum Gasteiger partial charge on any atom is -0.390 e. The number of benzene rings is 2. The first-order valence-corrected chi connectivity index (χ1v) is 15.7. The highest BCUT2D eigenvalue weighted by molar-refractivity contribution is 6.09. The van der Waals surface area contributed by atoms with E-state index in [1.807, 2.05) is 38.1 Å². The number of nitrogens with zero attached hydrogens (tertiary/aromatic N) is 2. The Labute approximate surface area is 267 Å². The number of halogens is 1. The van der Waals surface area contributed by atoms with Gasteiger partial charge in [0, 0.05) is 49.9 Å². The largest absolute Gasteiger partial charge is 0.390 e. The number of carbonyl (C=O) groups excluding carboxylic acids is 4. The summed E-state index contributed by atoms with van der Waals surface area (Å²) in [5, 5.41) is 16.5. The minimum absolute atomic E-state index is 0.